The van der Waals surface area contributed by atoms with E-state index in [1.54, 1.807) is 0 Å². The fraction of sp³-hybridized carbons (Fsp3) is 0.375. The zero-order valence-corrected chi connectivity index (χ0v) is 14.6. The third-order valence-electron chi connectivity index (χ3n) is 3.95. The first-order valence-electron chi connectivity index (χ1n) is 7.77. The van der Waals surface area contributed by atoms with Crippen LogP contribution in [0.2, 0.25) is 5.02 Å². The summed E-state index contributed by atoms with van der Waals surface area (Å²) in [6.45, 7) is 0.522. The summed E-state index contributed by atoms with van der Waals surface area (Å²) in [5, 5.41) is 0.467. The van der Waals surface area contributed by atoms with Crippen LogP contribution < -0.4 is 9.46 Å². The Labute approximate surface area is 146 Å². The molecule has 0 atom stereocenters. The van der Waals surface area contributed by atoms with E-state index in [0.29, 0.717) is 17.5 Å². The van der Waals surface area contributed by atoms with Crippen LogP contribution in [0.25, 0.3) is 0 Å². The third-order valence-corrected chi connectivity index (χ3v) is 5.56. The highest BCUT2D eigenvalue weighted by Gasteiger charge is 2.20. The van der Waals surface area contributed by atoms with Crippen molar-refractivity contribution >= 4 is 27.4 Å². The molecule has 24 heavy (non-hydrogen) atoms. The van der Waals surface area contributed by atoms with Gasteiger partial charge in [0.15, 0.2) is 0 Å². The smallest absolute Gasteiger partial charge is 0.263 e. The van der Waals surface area contributed by atoms with Crippen molar-refractivity contribution in [1.29, 1.82) is 0 Å². The van der Waals surface area contributed by atoms with Crippen LogP contribution in [0.1, 0.15) is 25.7 Å². The Kier molecular flexibility index (Phi) is 5.20. The molecule has 0 saturated heterocycles. The number of halogens is 1. The molecule has 1 saturated carbocycles. The molecule has 2 aromatic rings. The number of hydrogen-bond donors (Lipinski definition) is 1. The summed E-state index contributed by atoms with van der Waals surface area (Å²) < 4.78 is 33.0. The molecule has 1 fully saturated rings. The number of nitrogens with zero attached hydrogens (tertiary/aromatic N) is 2. The van der Waals surface area contributed by atoms with Gasteiger partial charge in [-0.25, -0.2) is 18.4 Å². The van der Waals surface area contributed by atoms with Crippen LogP contribution in [-0.2, 0) is 10.0 Å². The summed E-state index contributed by atoms with van der Waals surface area (Å²) in [7, 11) is -3.78. The molecule has 1 aliphatic carbocycles. The van der Waals surface area contributed by atoms with Crippen molar-refractivity contribution in [3.05, 3.63) is 41.7 Å². The largest absolute Gasteiger partial charge is 0.475 e. The van der Waals surface area contributed by atoms with Gasteiger partial charge in [0, 0.05) is 17.4 Å². The minimum atomic E-state index is -3.78. The van der Waals surface area contributed by atoms with Crippen LogP contribution in [0.5, 0.6) is 5.88 Å². The molecule has 8 heteroatoms. The molecule has 1 heterocycles. The summed E-state index contributed by atoms with van der Waals surface area (Å²) in [5.41, 5.74) is 0. The van der Waals surface area contributed by atoms with E-state index in [1.807, 2.05) is 0 Å². The molecule has 0 bridgehead atoms. The first-order chi connectivity index (χ1) is 11.5. The number of benzene rings is 1. The molecule has 1 aromatic heterocycles. The van der Waals surface area contributed by atoms with Gasteiger partial charge < -0.3 is 4.74 Å². The first kappa shape index (κ1) is 17.0. The van der Waals surface area contributed by atoms with Crippen LogP contribution in [0.4, 0.5) is 5.82 Å². The number of hydrogen-bond acceptors (Lipinski definition) is 5. The summed E-state index contributed by atoms with van der Waals surface area (Å²) >= 11 is 5.79. The molecule has 1 aliphatic rings. The zero-order chi connectivity index (χ0) is 17.0. The van der Waals surface area contributed by atoms with Crippen molar-refractivity contribution in [2.24, 2.45) is 5.92 Å². The van der Waals surface area contributed by atoms with Crippen LogP contribution in [0, 0.1) is 5.92 Å². The average Bonchev–Trinajstić information content (AvgIpc) is 3.07. The van der Waals surface area contributed by atoms with Gasteiger partial charge in [0.2, 0.25) is 5.82 Å². The Balaban J connectivity index is 1.75. The standard InChI is InChI=1S/C16H18ClN3O3S/c17-13-5-7-14(8-6-13)24(21,22)20-15-16(19-10-9-18-15)23-11-12-3-1-2-4-12/h5-10,12H,1-4,11H2,(H,18,20). The van der Waals surface area contributed by atoms with Crippen LogP contribution in [0.15, 0.2) is 41.6 Å². The number of ether oxygens (including phenoxy) is 1. The van der Waals surface area contributed by atoms with Crippen molar-refractivity contribution < 1.29 is 13.2 Å². The SMILES string of the molecule is O=S(=O)(Nc1nccnc1OCC1CCCC1)c1ccc(Cl)cc1. The van der Waals surface area contributed by atoms with Crippen LogP contribution in [-0.4, -0.2) is 25.0 Å². The quantitative estimate of drug-likeness (QED) is 0.845. The number of nitrogens with one attached hydrogen (secondary N) is 1. The normalized spacial score (nSPS) is 15.4. The van der Waals surface area contributed by atoms with E-state index in [9.17, 15) is 8.42 Å². The summed E-state index contributed by atoms with van der Waals surface area (Å²) in [6, 6.07) is 5.90. The topological polar surface area (TPSA) is 81.2 Å². The fourth-order valence-corrected chi connectivity index (χ4v) is 3.81. The Morgan fingerprint density at radius 1 is 1.12 bits per heavy atom. The lowest BCUT2D eigenvalue weighted by molar-refractivity contribution is 0.244. The molecule has 6 nitrogen and oxygen atoms in total. The van der Waals surface area contributed by atoms with Gasteiger partial charge in [-0.1, -0.05) is 24.4 Å². The predicted molar refractivity (Wildman–Crippen MR) is 91.7 cm³/mol. The molecule has 1 N–H and O–H groups in total. The van der Waals surface area contributed by atoms with Crippen LogP contribution >= 0.6 is 11.6 Å². The highest BCUT2D eigenvalue weighted by atomic mass is 35.5. The maximum atomic E-state index is 12.4. The molecule has 0 amide bonds. The van der Waals surface area contributed by atoms with E-state index in [1.165, 1.54) is 49.5 Å². The molecule has 0 unspecified atom stereocenters. The van der Waals surface area contributed by atoms with E-state index in [4.69, 9.17) is 16.3 Å². The molecule has 0 aliphatic heterocycles. The van der Waals surface area contributed by atoms with Gasteiger partial charge in [-0.3, -0.25) is 4.72 Å². The molecular formula is C16H18ClN3O3S. The third kappa shape index (κ3) is 4.15. The van der Waals surface area contributed by atoms with Gasteiger partial charge in [-0.2, -0.15) is 0 Å². The minimum absolute atomic E-state index is 0.0884. The summed E-state index contributed by atoms with van der Waals surface area (Å²) in [4.78, 5) is 8.24. The number of sulfonamides is 1. The van der Waals surface area contributed by atoms with Crippen molar-refractivity contribution in [1.82, 2.24) is 9.97 Å². The number of anilines is 1. The van der Waals surface area contributed by atoms with E-state index in [-0.39, 0.29) is 16.6 Å². The van der Waals surface area contributed by atoms with Crippen molar-refractivity contribution in [3.63, 3.8) is 0 Å². The van der Waals surface area contributed by atoms with Gasteiger partial charge in [0.05, 0.1) is 11.5 Å². The predicted octanol–water partition coefficient (Wildman–Crippen LogP) is 3.50. The second-order valence-corrected chi connectivity index (χ2v) is 7.85. The summed E-state index contributed by atoms with van der Waals surface area (Å²) in [6.07, 6.45) is 7.58. The van der Waals surface area contributed by atoms with E-state index >= 15 is 0 Å². The monoisotopic (exact) mass is 367 g/mol. The molecule has 1 aromatic carbocycles. The summed E-state index contributed by atoms with van der Waals surface area (Å²) in [5.74, 6) is 0.778. The lowest BCUT2D eigenvalue weighted by Crippen LogP contribution is -2.16. The van der Waals surface area contributed by atoms with Gasteiger partial charge in [0.25, 0.3) is 15.9 Å². The van der Waals surface area contributed by atoms with Crippen molar-refractivity contribution in [3.8, 4) is 5.88 Å². The van der Waals surface area contributed by atoms with Crippen LogP contribution in [0.3, 0.4) is 0 Å². The van der Waals surface area contributed by atoms with E-state index in [2.05, 4.69) is 14.7 Å². The van der Waals surface area contributed by atoms with Crippen molar-refractivity contribution in [2.45, 2.75) is 30.6 Å². The number of aromatic nitrogens is 2. The highest BCUT2D eigenvalue weighted by molar-refractivity contribution is 7.92. The van der Waals surface area contributed by atoms with Gasteiger partial charge in [0.1, 0.15) is 0 Å². The highest BCUT2D eigenvalue weighted by Crippen LogP contribution is 2.27. The molecular weight excluding hydrogens is 350 g/mol. The first-order valence-corrected chi connectivity index (χ1v) is 9.63. The Morgan fingerprint density at radius 2 is 1.79 bits per heavy atom. The lowest BCUT2D eigenvalue weighted by Gasteiger charge is -2.14. The molecule has 3 rings (SSSR count). The second kappa shape index (κ2) is 7.36. The maximum Gasteiger partial charge on any atom is 0.263 e. The Morgan fingerprint density at radius 3 is 2.50 bits per heavy atom. The van der Waals surface area contributed by atoms with E-state index < -0.39 is 10.0 Å². The molecule has 128 valence electrons. The van der Waals surface area contributed by atoms with E-state index in [0.717, 1.165) is 12.8 Å². The zero-order valence-electron chi connectivity index (χ0n) is 13.0. The van der Waals surface area contributed by atoms with Gasteiger partial charge in [-0.15, -0.1) is 0 Å². The maximum absolute atomic E-state index is 12.4. The number of rotatable bonds is 6. The van der Waals surface area contributed by atoms with Gasteiger partial charge >= 0.3 is 0 Å². The second-order valence-electron chi connectivity index (χ2n) is 5.73. The molecule has 0 radical (unpaired) electrons. The Bertz CT molecular complexity index is 790. The minimum Gasteiger partial charge on any atom is -0.475 e. The fourth-order valence-electron chi connectivity index (χ4n) is 2.67. The molecule has 0 spiro atoms. The average molecular weight is 368 g/mol. The van der Waals surface area contributed by atoms with Gasteiger partial charge in [-0.05, 0) is 43.0 Å². The van der Waals surface area contributed by atoms with Crippen molar-refractivity contribution in [2.75, 3.05) is 11.3 Å². The Hall–Kier alpha value is -1.86. The lowest BCUT2D eigenvalue weighted by atomic mass is 10.1.